The van der Waals surface area contributed by atoms with E-state index in [4.69, 9.17) is 0 Å². The van der Waals surface area contributed by atoms with Crippen LogP contribution in [-0.4, -0.2) is 5.11 Å². The number of hydrogen-bond donors (Lipinski definition) is 1. The Hall–Kier alpha value is -0.980. The third-order valence-corrected chi connectivity index (χ3v) is 7.18. The molecule has 0 aliphatic rings. The van der Waals surface area contributed by atoms with Gasteiger partial charge < -0.3 is 5.11 Å². The first-order chi connectivity index (χ1) is 15.6. The lowest BCUT2D eigenvalue weighted by atomic mass is 9.77. The highest BCUT2D eigenvalue weighted by Crippen LogP contribution is 2.37. The number of benzene rings is 1. The van der Waals surface area contributed by atoms with Gasteiger partial charge >= 0.3 is 0 Å². The predicted molar refractivity (Wildman–Crippen MR) is 149 cm³/mol. The molecule has 1 heteroatoms. The van der Waals surface area contributed by atoms with Crippen molar-refractivity contribution in [3.05, 3.63) is 28.8 Å². The van der Waals surface area contributed by atoms with Crippen LogP contribution in [0, 0.1) is 0 Å². The van der Waals surface area contributed by atoms with E-state index in [1.165, 1.54) is 119 Å². The highest BCUT2D eigenvalue weighted by atomic mass is 16.3. The van der Waals surface area contributed by atoms with Gasteiger partial charge in [-0.25, -0.2) is 0 Å². The van der Waals surface area contributed by atoms with Crippen molar-refractivity contribution in [1.82, 2.24) is 0 Å². The normalized spacial score (nSPS) is 12.5. The van der Waals surface area contributed by atoms with Crippen molar-refractivity contribution in [3.8, 4) is 5.75 Å². The molecule has 0 radical (unpaired) electrons. The summed E-state index contributed by atoms with van der Waals surface area (Å²) in [5, 5.41) is 10.8. The van der Waals surface area contributed by atoms with Crippen LogP contribution in [0.4, 0.5) is 0 Å². The second-order valence-electron chi connectivity index (χ2n) is 12.6. The summed E-state index contributed by atoms with van der Waals surface area (Å²) in [4.78, 5) is 0. The molecule has 0 unspecified atom stereocenters. The van der Waals surface area contributed by atoms with E-state index < -0.39 is 0 Å². The van der Waals surface area contributed by atoms with Gasteiger partial charge in [-0.1, -0.05) is 151 Å². The van der Waals surface area contributed by atoms with E-state index in [0.29, 0.717) is 5.75 Å². The topological polar surface area (TPSA) is 20.2 Å². The molecule has 33 heavy (non-hydrogen) atoms. The lowest BCUT2D eigenvalue weighted by molar-refractivity contribution is 0.454. The summed E-state index contributed by atoms with van der Waals surface area (Å²) in [5.74, 6) is 0.508. The van der Waals surface area contributed by atoms with Gasteiger partial charge in [0, 0.05) is 0 Å². The van der Waals surface area contributed by atoms with Crippen LogP contribution in [0.1, 0.15) is 168 Å². The number of phenols is 1. The number of rotatable bonds is 17. The zero-order valence-electron chi connectivity index (χ0n) is 23.6. The van der Waals surface area contributed by atoms with E-state index in [0.717, 1.165) is 6.42 Å². The average Bonchev–Trinajstić information content (AvgIpc) is 2.72. The standard InChI is InChI=1S/C32H58O/c1-8-9-10-11-12-13-14-15-16-17-18-19-20-21-22-23-24-28-29(32(5,6)7)25-27(26-30(28)33)31(2,3)4/h25-26,33H,8-24H2,1-7H3. The second kappa shape index (κ2) is 15.8. The van der Waals surface area contributed by atoms with Crippen molar-refractivity contribution in [2.45, 2.75) is 168 Å². The van der Waals surface area contributed by atoms with Crippen molar-refractivity contribution in [3.63, 3.8) is 0 Å². The third-order valence-electron chi connectivity index (χ3n) is 7.18. The largest absolute Gasteiger partial charge is 0.508 e. The van der Waals surface area contributed by atoms with Crippen LogP contribution >= 0.6 is 0 Å². The smallest absolute Gasteiger partial charge is 0.119 e. The van der Waals surface area contributed by atoms with Gasteiger partial charge in [-0.05, 0) is 46.4 Å². The summed E-state index contributed by atoms with van der Waals surface area (Å²) in [5.41, 5.74) is 3.86. The van der Waals surface area contributed by atoms with Crippen LogP contribution in [0.5, 0.6) is 5.75 Å². The molecular formula is C32H58O. The molecule has 1 nitrogen and oxygen atoms in total. The second-order valence-corrected chi connectivity index (χ2v) is 12.6. The average molecular weight is 459 g/mol. The van der Waals surface area contributed by atoms with E-state index >= 15 is 0 Å². The molecule has 192 valence electrons. The highest BCUT2D eigenvalue weighted by molar-refractivity contribution is 5.48. The van der Waals surface area contributed by atoms with Gasteiger partial charge in [-0.15, -0.1) is 0 Å². The van der Waals surface area contributed by atoms with Gasteiger partial charge in [0.25, 0.3) is 0 Å². The Morgan fingerprint density at radius 2 is 0.939 bits per heavy atom. The fourth-order valence-electron chi connectivity index (χ4n) is 4.87. The first-order valence-corrected chi connectivity index (χ1v) is 14.4. The molecule has 1 rings (SSSR count). The molecule has 1 N–H and O–H groups in total. The van der Waals surface area contributed by atoms with Crippen molar-refractivity contribution in [1.29, 1.82) is 0 Å². The van der Waals surface area contributed by atoms with Gasteiger partial charge in [0.1, 0.15) is 5.75 Å². The zero-order chi connectivity index (χ0) is 24.7. The Balaban J connectivity index is 2.20. The molecule has 0 heterocycles. The summed E-state index contributed by atoms with van der Waals surface area (Å²) < 4.78 is 0. The Bertz CT molecular complexity index is 629. The Morgan fingerprint density at radius 3 is 1.30 bits per heavy atom. The number of aromatic hydroxyl groups is 1. The molecular weight excluding hydrogens is 400 g/mol. The first-order valence-electron chi connectivity index (χ1n) is 14.4. The van der Waals surface area contributed by atoms with Gasteiger partial charge in [0.05, 0.1) is 0 Å². The molecule has 1 aromatic carbocycles. The number of unbranched alkanes of at least 4 members (excludes halogenated alkanes) is 15. The number of phenolic OH excluding ortho intramolecular Hbond substituents is 1. The minimum atomic E-state index is 0.0587. The monoisotopic (exact) mass is 458 g/mol. The highest BCUT2D eigenvalue weighted by Gasteiger charge is 2.24. The van der Waals surface area contributed by atoms with Gasteiger partial charge in [-0.3, -0.25) is 0 Å². The fourth-order valence-corrected chi connectivity index (χ4v) is 4.87. The summed E-state index contributed by atoms with van der Waals surface area (Å²) >= 11 is 0. The molecule has 0 aromatic heterocycles. The molecule has 0 aliphatic carbocycles. The summed E-state index contributed by atoms with van der Waals surface area (Å²) in [6.07, 6.45) is 23.3. The number of hydrogen-bond acceptors (Lipinski definition) is 1. The zero-order valence-corrected chi connectivity index (χ0v) is 23.6. The maximum atomic E-state index is 10.8. The first kappa shape index (κ1) is 30.1. The summed E-state index contributed by atoms with van der Waals surface area (Å²) in [6, 6.07) is 4.36. The molecule has 0 saturated carbocycles. The molecule has 0 aliphatic heterocycles. The van der Waals surface area contributed by atoms with Crippen LogP contribution in [-0.2, 0) is 17.3 Å². The molecule has 0 atom stereocenters. The summed E-state index contributed by atoms with van der Waals surface area (Å²) in [7, 11) is 0. The van der Waals surface area contributed by atoms with Crippen molar-refractivity contribution in [2.75, 3.05) is 0 Å². The lowest BCUT2D eigenvalue weighted by Gasteiger charge is -2.28. The maximum absolute atomic E-state index is 10.8. The van der Waals surface area contributed by atoms with Gasteiger partial charge in [0.2, 0.25) is 0 Å². The van der Waals surface area contributed by atoms with E-state index in [1.807, 2.05) is 6.07 Å². The van der Waals surface area contributed by atoms with Crippen LogP contribution in [0.2, 0.25) is 0 Å². The SMILES string of the molecule is CCCCCCCCCCCCCCCCCCc1c(O)cc(C(C)(C)C)cc1C(C)(C)C. The molecule has 0 fully saturated rings. The van der Waals surface area contributed by atoms with E-state index in [-0.39, 0.29) is 10.8 Å². The molecule has 0 spiro atoms. The Morgan fingerprint density at radius 1 is 0.545 bits per heavy atom. The quantitative estimate of drug-likeness (QED) is 0.230. The van der Waals surface area contributed by atoms with Gasteiger partial charge in [-0.2, -0.15) is 0 Å². The predicted octanol–water partition coefficient (Wildman–Crippen LogP) is 10.8. The lowest BCUT2D eigenvalue weighted by Crippen LogP contribution is -2.18. The van der Waals surface area contributed by atoms with Gasteiger partial charge in [0.15, 0.2) is 0 Å². The fraction of sp³-hybridized carbons (Fsp3) is 0.812. The molecule has 1 aromatic rings. The third kappa shape index (κ3) is 12.9. The Labute approximate surface area is 208 Å². The van der Waals surface area contributed by atoms with Crippen LogP contribution in [0.25, 0.3) is 0 Å². The molecule has 0 saturated heterocycles. The Kier molecular flexibility index (Phi) is 14.4. The van der Waals surface area contributed by atoms with Crippen molar-refractivity contribution in [2.24, 2.45) is 0 Å². The summed E-state index contributed by atoms with van der Waals surface area (Å²) in [6.45, 7) is 15.8. The van der Waals surface area contributed by atoms with Crippen molar-refractivity contribution >= 4 is 0 Å². The van der Waals surface area contributed by atoms with E-state index in [1.54, 1.807) is 0 Å². The van der Waals surface area contributed by atoms with E-state index in [2.05, 4.69) is 54.5 Å². The minimum absolute atomic E-state index is 0.0587. The minimum Gasteiger partial charge on any atom is -0.508 e. The molecule has 0 amide bonds. The van der Waals surface area contributed by atoms with E-state index in [9.17, 15) is 5.11 Å². The van der Waals surface area contributed by atoms with Crippen molar-refractivity contribution < 1.29 is 5.11 Å². The maximum Gasteiger partial charge on any atom is 0.119 e. The molecule has 0 bridgehead atoms. The van der Waals surface area contributed by atoms with Crippen LogP contribution in [0.3, 0.4) is 0 Å². The van der Waals surface area contributed by atoms with Crippen LogP contribution in [0.15, 0.2) is 12.1 Å². The van der Waals surface area contributed by atoms with Crippen LogP contribution < -0.4 is 0 Å².